The highest BCUT2D eigenvalue weighted by Crippen LogP contribution is 2.43. The van der Waals surface area contributed by atoms with Crippen molar-refractivity contribution < 1.29 is 26.3 Å². The van der Waals surface area contributed by atoms with Crippen LogP contribution in [0.25, 0.3) is 0 Å². The van der Waals surface area contributed by atoms with Crippen molar-refractivity contribution in [3.63, 3.8) is 0 Å². The molecule has 2 aliphatic heterocycles. The summed E-state index contributed by atoms with van der Waals surface area (Å²) < 4.78 is 78.8. The van der Waals surface area contributed by atoms with Crippen LogP contribution in [-0.4, -0.2) is 12.1 Å². The van der Waals surface area contributed by atoms with Gasteiger partial charge in [-0.3, -0.25) is 0 Å². The van der Waals surface area contributed by atoms with E-state index in [1.165, 1.54) is 0 Å². The number of nitrogens with one attached hydrogen (secondary N) is 2. The first-order valence-corrected chi connectivity index (χ1v) is 9.93. The topological polar surface area (TPSA) is 24.1 Å². The fraction of sp³-hybridized carbons (Fsp3) is 0.455. The maximum atomic E-state index is 13.1. The number of fused-ring (bicyclic) bond motifs is 2. The zero-order valence-corrected chi connectivity index (χ0v) is 18.5. The van der Waals surface area contributed by atoms with Crippen LogP contribution in [0.15, 0.2) is 48.5 Å². The number of benzene rings is 2. The Morgan fingerprint density at radius 2 is 1.44 bits per heavy atom. The first-order chi connectivity index (χ1) is 14.1. The first-order valence-electron chi connectivity index (χ1n) is 9.93. The molecule has 10 heteroatoms. The van der Waals surface area contributed by atoms with E-state index in [9.17, 15) is 26.3 Å². The van der Waals surface area contributed by atoms with E-state index < -0.39 is 23.5 Å². The number of halogens is 8. The molecule has 3 unspecified atom stereocenters. The molecule has 2 N–H and O–H groups in total. The van der Waals surface area contributed by atoms with Crippen LogP contribution in [0, 0.1) is 0 Å². The quantitative estimate of drug-likeness (QED) is 0.470. The molecule has 3 atom stereocenters. The highest BCUT2D eigenvalue weighted by atomic mass is 35.5. The predicted octanol–water partition coefficient (Wildman–Crippen LogP) is 6.47. The molecule has 2 nitrogen and oxygen atoms in total. The summed E-state index contributed by atoms with van der Waals surface area (Å²) in [5, 5.41) is 6.92. The van der Waals surface area contributed by atoms with Crippen molar-refractivity contribution in [2.45, 2.75) is 62.2 Å². The Morgan fingerprint density at radius 3 is 2.00 bits per heavy atom. The predicted molar refractivity (Wildman–Crippen MR) is 115 cm³/mol. The molecule has 0 spiro atoms. The Hall–Kier alpha value is -1.48. The van der Waals surface area contributed by atoms with Gasteiger partial charge in [0.2, 0.25) is 0 Å². The van der Waals surface area contributed by atoms with Crippen LogP contribution in [0.3, 0.4) is 0 Å². The van der Waals surface area contributed by atoms with Crippen LogP contribution in [0.1, 0.15) is 47.9 Å². The average Bonchev–Trinajstić information content (AvgIpc) is 3.05. The largest absolute Gasteiger partial charge is 0.416 e. The second-order valence-electron chi connectivity index (χ2n) is 8.14. The number of rotatable bonds is 4. The molecular weight excluding hydrogens is 477 g/mol. The fourth-order valence-electron chi connectivity index (χ4n) is 4.82. The van der Waals surface area contributed by atoms with Gasteiger partial charge in [-0.25, -0.2) is 0 Å². The summed E-state index contributed by atoms with van der Waals surface area (Å²) in [6.07, 6.45) is -6.09. The molecule has 2 aliphatic rings. The normalized spacial score (nSPS) is 25.1. The molecule has 2 heterocycles. The summed E-state index contributed by atoms with van der Waals surface area (Å²) >= 11 is 0. The van der Waals surface area contributed by atoms with Crippen molar-refractivity contribution in [3.8, 4) is 0 Å². The monoisotopic (exact) mass is 500 g/mol. The molecule has 2 aromatic carbocycles. The molecule has 178 valence electrons. The van der Waals surface area contributed by atoms with E-state index in [2.05, 4.69) is 10.6 Å². The summed E-state index contributed by atoms with van der Waals surface area (Å²) in [4.78, 5) is 0. The second-order valence-corrected chi connectivity index (χ2v) is 8.14. The highest BCUT2D eigenvalue weighted by molar-refractivity contribution is 5.85. The molecule has 2 aromatic rings. The van der Waals surface area contributed by atoms with E-state index in [4.69, 9.17) is 0 Å². The molecule has 4 rings (SSSR count). The molecule has 32 heavy (non-hydrogen) atoms. The number of piperidine rings is 1. The minimum Gasteiger partial charge on any atom is -0.308 e. The maximum absolute atomic E-state index is 13.1. The van der Waals surface area contributed by atoms with Crippen LogP contribution in [0.4, 0.5) is 26.3 Å². The van der Waals surface area contributed by atoms with Crippen molar-refractivity contribution in [2.75, 3.05) is 0 Å². The molecule has 2 bridgehead atoms. The van der Waals surface area contributed by atoms with Gasteiger partial charge in [-0.15, -0.1) is 24.8 Å². The fourth-order valence-corrected chi connectivity index (χ4v) is 4.82. The van der Waals surface area contributed by atoms with Gasteiger partial charge < -0.3 is 10.6 Å². The zero-order chi connectivity index (χ0) is 21.6. The Bertz CT molecular complexity index is 871. The van der Waals surface area contributed by atoms with E-state index in [1.54, 1.807) is 0 Å². The Balaban J connectivity index is 0.00000181. The maximum Gasteiger partial charge on any atom is 0.416 e. The van der Waals surface area contributed by atoms with Crippen molar-refractivity contribution in [1.82, 2.24) is 10.6 Å². The van der Waals surface area contributed by atoms with Crippen molar-refractivity contribution in [2.24, 2.45) is 0 Å². The first kappa shape index (κ1) is 26.8. The molecule has 2 saturated heterocycles. The van der Waals surface area contributed by atoms with Gasteiger partial charge in [-0.05, 0) is 55.0 Å². The summed E-state index contributed by atoms with van der Waals surface area (Å²) in [6, 6.07) is 11.9. The van der Waals surface area contributed by atoms with Gasteiger partial charge in [0.15, 0.2) is 0 Å². The third kappa shape index (κ3) is 5.35. The zero-order valence-electron chi connectivity index (χ0n) is 16.9. The van der Waals surface area contributed by atoms with Crippen molar-refractivity contribution in [3.05, 3.63) is 70.8 Å². The van der Waals surface area contributed by atoms with E-state index >= 15 is 0 Å². The van der Waals surface area contributed by atoms with Crippen LogP contribution >= 0.6 is 24.8 Å². The third-order valence-corrected chi connectivity index (χ3v) is 6.24. The van der Waals surface area contributed by atoms with Gasteiger partial charge in [0.25, 0.3) is 0 Å². The summed E-state index contributed by atoms with van der Waals surface area (Å²) in [5.41, 5.74) is -1.87. The molecule has 2 fully saturated rings. The standard InChI is InChI=1S/C22H22F6N2.2ClH/c23-21(24,25)16-10-14(11-17(12-16)22(26,27)28)13-29-19-7-6-18-8-9-20(19,30-18)15-4-2-1-3-5-15;;/h1-5,10-12,18-19,29-30H,6-9,13H2;2*1H. The lowest BCUT2D eigenvalue weighted by Gasteiger charge is -2.43. The molecule has 0 amide bonds. The molecule has 0 aromatic heterocycles. The van der Waals surface area contributed by atoms with Gasteiger partial charge in [-0.2, -0.15) is 26.3 Å². The van der Waals surface area contributed by atoms with Crippen LogP contribution in [-0.2, 0) is 24.4 Å². The van der Waals surface area contributed by atoms with Gasteiger partial charge in [0.1, 0.15) is 0 Å². The molecule has 0 radical (unpaired) electrons. The minimum absolute atomic E-state index is 0. The molecule has 0 saturated carbocycles. The lowest BCUT2D eigenvalue weighted by atomic mass is 9.79. The lowest BCUT2D eigenvalue weighted by molar-refractivity contribution is -0.143. The Morgan fingerprint density at radius 1 is 0.844 bits per heavy atom. The highest BCUT2D eigenvalue weighted by Gasteiger charge is 2.49. The molecular formula is C22H24Cl2F6N2. The number of alkyl halides is 6. The van der Waals surface area contributed by atoms with Gasteiger partial charge in [0.05, 0.1) is 16.7 Å². The summed E-state index contributed by atoms with van der Waals surface area (Å²) in [7, 11) is 0. The van der Waals surface area contributed by atoms with E-state index in [0.717, 1.165) is 43.4 Å². The Labute approximate surface area is 195 Å². The smallest absolute Gasteiger partial charge is 0.308 e. The lowest BCUT2D eigenvalue weighted by Crippen LogP contribution is -2.58. The number of hydrogen-bond acceptors (Lipinski definition) is 2. The third-order valence-electron chi connectivity index (χ3n) is 6.24. The second kappa shape index (κ2) is 9.79. The number of hydrogen-bond donors (Lipinski definition) is 2. The average molecular weight is 501 g/mol. The van der Waals surface area contributed by atoms with Crippen molar-refractivity contribution >= 4 is 24.8 Å². The van der Waals surface area contributed by atoms with Crippen molar-refractivity contribution in [1.29, 1.82) is 0 Å². The van der Waals surface area contributed by atoms with Crippen LogP contribution in [0.5, 0.6) is 0 Å². The Kier molecular flexibility index (Phi) is 8.19. The van der Waals surface area contributed by atoms with Crippen LogP contribution < -0.4 is 10.6 Å². The van der Waals surface area contributed by atoms with Crippen LogP contribution in [0.2, 0.25) is 0 Å². The van der Waals surface area contributed by atoms with E-state index in [-0.39, 0.29) is 54.6 Å². The SMILES string of the molecule is Cl.Cl.FC(F)(F)c1cc(CNC2CCC3CCC2(c2ccccc2)N3)cc(C(F)(F)F)c1. The summed E-state index contributed by atoms with van der Waals surface area (Å²) in [6.45, 7) is -0.0708. The minimum atomic E-state index is -4.84. The van der Waals surface area contributed by atoms with Gasteiger partial charge >= 0.3 is 12.4 Å². The van der Waals surface area contributed by atoms with E-state index in [1.807, 2.05) is 30.3 Å². The molecule has 0 aliphatic carbocycles. The summed E-state index contributed by atoms with van der Waals surface area (Å²) in [5.74, 6) is 0. The van der Waals surface area contributed by atoms with Gasteiger partial charge in [-0.1, -0.05) is 30.3 Å². The van der Waals surface area contributed by atoms with Gasteiger partial charge in [0, 0.05) is 18.6 Å². The van der Waals surface area contributed by atoms with E-state index in [0.29, 0.717) is 6.04 Å².